The van der Waals surface area contributed by atoms with Crippen LogP contribution in [0.2, 0.25) is 0 Å². The van der Waals surface area contributed by atoms with Crippen molar-refractivity contribution >= 4 is 0 Å². The minimum Gasteiger partial charge on any atom is -0.334 e. The normalized spacial score (nSPS) is 12.3. The molecule has 0 saturated carbocycles. The van der Waals surface area contributed by atoms with Gasteiger partial charge in [-0.05, 0) is 32.5 Å². The van der Waals surface area contributed by atoms with Gasteiger partial charge in [-0.25, -0.2) is 0 Å². The number of nitrogens with one attached hydrogen (secondary N) is 1. The van der Waals surface area contributed by atoms with Gasteiger partial charge in [0.2, 0.25) is 0 Å². The largest absolute Gasteiger partial charge is 0.334 e. The lowest BCUT2D eigenvalue weighted by molar-refractivity contribution is 0.418. The minimum atomic E-state index is 0.303. The Hall–Kier alpha value is -2.53. The van der Waals surface area contributed by atoms with Crippen LogP contribution in [-0.4, -0.2) is 28.2 Å². The molecule has 5 nitrogen and oxygen atoms in total. The smallest absolute Gasteiger partial charge is 0.259 e. The third kappa shape index (κ3) is 3.63. The van der Waals surface area contributed by atoms with Crippen LogP contribution < -0.4 is 5.32 Å². The summed E-state index contributed by atoms with van der Waals surface area (Å²) in [5.74, 6) is 1.20. The highest BCUT2D eigenvalue weighted by Gasteiger charge is 2.12. The van der Waals surface area contributed by atoms with Gasteiger partial charge < -0.3 is 9.84 Å². The second-order valence-corrected chi connectivity index (χ2v) is 5.74. The van der Waals surface area contributed by atoms with E-state index in [1.54, 1.807) is 6.20 Å². The third-order valence-corrected chi connectivity index (χ3v) is 3.82. The van der Waals surface area contributed by atoms with Gasteiger partial charge in [0, 0.05) is 30.4 Å². The molecule has 0 aliphatic rings. The molecule has 1 aromatic carbocycles. The van der Waals surface area contributed by atoms with Crippen molar-refractivity contribution in [1.29, 1.82) is 0 Å². The number of pyridine rings is 1. The van der Waals surface area contributed by atoms with Crippen LogP contribution in [0.1, 0.15) is 18.3 Å². The van der Waals surface area contributed by atoms with Crippen molar-refractivity contribution < 1.29 is 4.52 Å². The fraction of sp³-hybridized carbons (Fsp3) is 0.278. The second kappa shape index (κ2) is 6.71. The molecule has 5 heteroatoms. The lowest BCUT2D eigenvalue weighted by Gasteiger charge is -2.04. The SMILES string of the molecule is CNC(C)Cc1noc(-c2cncc(-c3ccc(C)cc3)c2)n1. The molecular formula is C18H20N4O. The van der Waals surface area contributed by atoms with Crippen LogP contribution in [0.15, 0.2) is 47.2 Å². The molecule has 0 aliphatic carbocycles. The molecular weight excluding hydrogens is 288 g/mol. The van der Waals surface area contributed by atoms with Gasteiger partial charge in [-0.3, -0.25) is 4.98 Å². The number of aromatic nitrogens is 3. The molecule has 0 saturated heterocycles. The molecule has 0 spiro atoms. The van der Waals surface area contributed by atoms with Crippen LogP contribution in [0.3, 0.4) is 0 Å². The van der Waals surface area contributed by atoms with Crippen molar-refractivity contribution in [3.63, 3.8) is 0 Å². The number of hydrogen-bond donors (Lipinski definition) is 1. The number of rotatable bonds is 5. The van der Waals surface area contributed by atoms with E-state index in [9.17, 15) is 0 Å². The Labute approximate surface area is 135 Å². The van der Waals surface area contributed by atoms with Crippen LogP contribution in [0.4, 0.5) is 0 Å². The molecule has 0 radical (unpaired) electrons. The molecule has 3 aromatic rings. The molecule has 0 fully saturated rings. The van der Waals surface area contributed by atoms with Gasteiger partial charge >= 0.3 is 0 Å². The Morgan fingerprint density at radius 1 is 1.09 bits per heavy atom. The van der Waals surface area contributed by atoms with E-state index in [2.05, 4.69) is 58.6 Å². The van der Waals surface area contributed by atoms with E-state index in [0.29, 0.717) is 17.8 Å². The Morgan fingerprint density at radius 2 is 1.83 bits per heavy atom. The fourth-order valence-corrected chi connectivity index (χ4v) is 2.29. The van der Waals surface area contributed by atoms with E-state index >= 15 is 0 Å². The predicted octanol–water partition coefficient (Wildman–Crippen LogP) is 3.26. The summed E-state index contributed by atoms with van der Waals surface area (Å²) in [6.45, 7) is 4.15. The maximum Gasteiger partial charge on any atom is 0.259 e. The fourth-order valence-electron chi connectivity index (χ4n) is 2.29. The van der Waals surface area contributed by atoms with Crippen molar-refractivity contribution in [3.8, 4) is 22.6 Å². The topological polar surface area (TPSA) is 63.8 Å². The summed E-state index contributed by atoms with van der Waals surface area (Å²) in [5.41, 5.74) is 4.22. The van der Waals surface area contributed by atoms with Crippen molar-refractivity contribution in [2.75, 3.05) is 7.05 Å². The average molecular weight is 308 g/mol. The van der Waals surface area contributed by atoms with Gasteiger partial charge in [0.25, 0.3) is 5.89 Å². The first-order valence-corrected chi connectivity index (χ1v) is 7.68. The zero-order chi connectivity index (χ0) is 16.2. The van der Waals surface area contributed by atoms with Crippen LogP contribution in [0.25, 0.3) is 22.6 Å². The van der Waals surface area contributed by atoms with Gasteiger partial charge in [0.05, 0.1) is 5.56 Å². The van der Waals surface area contributed by atoms with Gasteiger partial charge in [-0.1, -0.05) is 35.0 Å². The van der Waals surface area contributed by atoms with E-state index in [-0.39, 0.29) is 0 Å². The summed E-state index contributed by atoms with van der Waals surface area (Å²) in [6.07, 6.45) is 4.32. The van der Waals surface area contributed by atoms with Crippen LogP contribution >= 0.6 is 0 Å². The van der Waals surface area contributed by atoms with Gasteiger partial charge in [0.1, 0.15) is 0 Å². The lowest BCUT2D eigenvalue weighted by atomic mass is 10.0. The van der Waals surface area contributed by atoms with Gasteiger partial charge in [-0.2, -0.15) is 4.98 Å². The molecule has 118 valence electrons. The van der Waals surface area contributed by atoms with Crippen LogP contribution in [0.5, 0.6) is 0 Å². The molecule has 1 atom stereocenters. The molecule has 0 aliphatic heterocycles. The summed E-state index contributed by atoms with van der Waals surface area (Å²) in [4.78, 5) is 8.77. The molecule has 0 amide bonds. The van der Waals surface area contributed by atoms with Crippen molar-refractivity contribution in [2.45, 2.75) is 26.3 Å². The molecule has 2 aromatic heterocycles. The first-order valence-electron chi connectivity index (χ1n) is 7.68. The molecule has 1 unspecified atom stereocenters. The maximum absolute atomic E-state index is 5.38. The van der Waals surface area contributed by atoms with Crippen LogP contribution in [-0.2, 0) is 6.42 Å². The van der Waals surface area contributed by atoms with Gasteiger partial charge in [-0.15, -0.1) is 0 Å². The Bertz CT molecular complexity index is 780. The van der Waals surface area contributed by atoms with E-state index in [4.69, 9.17) is 4.52 Å². The second-order valence-electron chi connectivity index (χ2n) is 5.74. The lowest BCUT2D eigenvalue weighted by Crippen LogP contribution is -2.24. The molecule has 3 rings (SSSR count). The third-order valence-electron chi connectivity index (χ3n) is 3.82. The molecule has 2 heterocycles. The highest BCUT2D eigenvalue weighted by molar-refractivity contribution is 5.68. The maximum atomic E-state index is 5.38. The Morgan fingerprint density at radius 3 is 2.57 bits per heavy atom. The quantitative estimate of drug-likeness (QED) is 0.784. The van der Waals surface area contributed by atoms with Crippen molar-refractivity contribution in [1.82, 2.24) is 20.4 Å². The average Bonchev–Trinajstić information content (AvgIpc) is 3.04. The number of aryl methyl sites for hydroxylation is 1. The predicted molar refractivity (Wildman–Crippen MR) is 89.9 cm³/mol. The Kier molecular flexibility index (Phi) is 4.48. The molecule has 23 heavy (non-hydrogen) atoms. The number of hydrogen-bond acceptors (Lipinski definition) is 5. The molecule has 1 N–H and O–H groups in total. The summed E-state index contributed by atoms with van der Waals surface area (Å²) >= 11 is 0. The van der Waals surface area contributed by atoms with Crippen molar-refractivity contribution in [2.24, 2.45) is 0 Å². The van der Waals surface area contributed by atoms with E-state index in [1.807, 2.05) is 19.3 Å². The first kappa shape index (κ1) is 15.4. The number of benzene rings is 1. The number of likely N-dealkylation sites (N-methyl/N-ethyl adjacent to an activating group) is 1. The minimum absolute atomic E-state index is 0.303. The summed E-state index contributed by atoms with van der Waals surface area (Å²) in [7, 11) is 1.92. The summed E-state index contributed by atoms with van der Waals surface area (Å²) < 4.78 is 5.38. The monoisotopic (exact) mass is 308 g/mol. The highest BCUT2D eigenvalue weighted by atomic mass is 16.5. The highest BCUT2D eigenvalue weighted by Crippen LogP contribution is 2.24. The van der Waals surface area contributed by atoms with E-state index in [0.717, 1.165) is 23.1 Å². The van der Waals surface area contributed by atoms with Gasteiger partial charge in [0.15, 0.2) is 5.82 Å². The molecule has 0 bridgehead atoms. The standard InChI is InChI=1S/C18H20N4O/c1-12-4-6-14(7-5-12)15-9-16(11-20-10-15)18-21-17(22-23-18)8-13(2)19-3/h4-7,9-11,13,19H,8H2,1-3H3. The number of nitrogens with zero attached hydrogens (tertiary/aromatic N) is 3. The Balaban J connectivity index is 1.86. The zero-order valence-corrected chi connectivity index (χ0v) is 13.6. The zero-order valence-electron chi connectivity index (χ0n) is 13.6. The van der Waals surface area contributed by atoms with E-state index < -0.39 is 0 Å². The summed E-state index contributed by atoms with van der Waals surface area (Å²) in [5, 5.41) is 7.20. The first-order chi connectivity index (χ1) is 11.2. The van der Waals surface area contributed by atoms with Crippen LogP contribution in [0, 0.1) is 6.92 Å². The summed E-state index contributed by atoms with van der Waals surface area (Å²) in [6, 6.07) is 10.7. The van der Waals surface area contributed by atoms with Crippen molar-refractivity contribution in [3.05, 3.63) is 54.1 Å². The van der Waals surface area contributed by atoms with E-state index in [1.165, 1.54) is 5.56 Å².